The van der Waals surface area contributed by atoms with Crippen molar-refractivity contribution in [2.24, 2.45) is 5.73 Å². The summed E-state index contributed by atoms with van der Waals surface area (Å²) in [5, 5.41) is 10.6. The topological polar surface area (TPSA) is 69.2 Å². The van der Waals surface area contributed by atoms with Crippen LogP contribution in [0.25, 0.3) is 6.08 Å². The Balaban J connectivity index is 3.19. The van der Waals surface area contributed by atoms with E-state index in [9.17, 15) is 18.9 Å². The zero-order valence-electron chi connectivity index (χ0n) is 8.32. The Hall–Kier alpha value is -1.82. The number of nitrogens with two attached hydrogens (primary N) is 1. The monoisotopic (exact) mass is 228 g/mol. The first-order chi connectivity index (χ1) is 7.56. The third-order valence-electron chi connectivity index (χ3n) is 1.87. The highest BCUT2D eigenvalue weighted by Gasteiger charge is 2.19. The molecule has 0 saturated heterocycles. The Kier molecular flexibility index (Phi) is 4.07. The Bertz CT molecular complexity index is 433. The number of benzene rings is 1. The molecule has 86 valence electrons. The average Bonchev–Trinajstić information content (AvgIpc) is 2.16. The molecule has 0 fully saturated rings. The molecule has 0 spiro atoms. The van der Waals surface area contributed by atoms with E-state index in [4.69, 9.17) is 5.73 Å². The lowest BCUT2D eigenvalue weighted by atomic mass is 10.1. The summed E-state index contributed by atoms with van der Waals surface area (Å²) in [6, 6.07) is 1.40. The molecule has 6 heteroatoms. The van der Waals surface area contributed by atoms with E-state index >= 15 is 0 Å². The summed E-state index contributed by atoms with van der Waals surface area (Å²) in [5.74, 6) is -2.03. The fourth-order valence-corrected chi connectivity index (χ4v) is 1.21. The number of hydrogen-bond donors (Lipinski definition) is 1. The van der Waals surface area contributed by atoms with Gasteiger partial charge in [0.05, 0.1) is 10.5 Å². The molecule has 4 nitrogen and oxygen atoms in total. The molecule has 2 N–H and O–H groups in total. The minimum absolute atomic E-state index is 0.101. The fourth-order valence-electron chi connectivity index (χ4n) is 1.21. The van der Waals surface area contributed by atoms with E-state index in [0.29, 0.717) is 19.0 Å². The van der Waals surface area contributed by atoms with E-state index < -0.39 is 22.2 Å². The zero-order chi connectivity index (χ0) is 12.1. The fraction of sp³-hybridized carbons (Fsp3) is 0.200. The number of halogens is 2. The standard InChI is InChI=1S/C10H10F2N2O2/c11-8-5-7(3-1-2-4-13)10(14(15)16)9(12)6-8/h1,3,5-6H,2,4,13H2. The minimum atomic E-state index is -1.18. The second kappa shape index (κ2) is 5.32. The van der Waals surface area contributed by atoms with Crippen molar-refractivity contribution in [3.63, 3.8) is 0 Å². The van der Waals surface area contributed by atoms with Crippen LogP contribution in [0.15, 0.2) is 18.2 Å². The largest absolute Gasteiger partial charge is 0.330 e. The van der Waals surface area contributed by atoms with Crippen molar-refractivity contribution in [1.29, 1.82) is 0 Å². The quantitative estimate of drug-likeness (QED) is 0.634. The lowest BCUT2D eigenvalue weighted by Crippen LogP contribution is -1.98. The molecule has 0 unspecified atom stereocenters. The SMILES string of the molecule is NCCC=Cc1cc(F)cc(F)c1[N+](=O)[O-]. The van der Waals surface area contributed by atoms with Gasteiger partial charge in [-0.2, -0.15) is 4.39 Å². The number of nitro benzene ring substituents is 1. The highest BCUT2D eigenvalue weighted by atomic mass is 19.1. The van der Waals surface area contributed by atoms with Crippen molar-refractivity contribution in [1.82, 2.24) is 0 Å². The first-order valence-electron chi connectivity index (χ1n) is 4.56. The van der Waals surface area contributed by atoms with Crippen molar-refractivity contribution >= 4 is 11.8 Å². The van der Waals surface area contributed by atoms with Crippen LogP contribution in [0.3, 0.4) is 0 Å². The first kappa shape index (κ1) is 12.3. The van der Waals surface area contributed by atoms with Crippen molar-refractivity contribution in [3.05, 3.63) is 45.5 Å². The zero-order valence-corrected chi connectivity index (χ0v) is 8.32. The maximum atomic E-state index is 13.1. The minimum Gasteiger partial charge on any atom is -0.330 e. The molecule has 0 aromatic heterocycles. The summed E-state index contributed by atoms with van der Waals surface area (Å²) in [7, 11) is 0. The van der Waals surface area contributed by atoms with Crippen LogP contribution in [0.2, 0.25) is 0 Å². The average molecular weight is 228 g/mol. The van der Waals surface area contributed by atoms with Gasteiger partial charge in [-0.3, -0.25) is 10.1 Å². The maximum Gasteiger partial charge on any atom is 0.312 e. The molecule has 0 radical (unpaired) electrons. The second-order valence-electron chi connectivity index (χ2n) is 3.06. The normalized spacial score (nSPS) is 10.9. The molecule has 16 heavy (non-hydrogen) atoms. The van der Waals surface area contributed by atoms with Crippen LogP contribution in [0.5, 0.6) is 0 Å². The van der Waals surface area contributed by atoms with Crippen molar-refractivity contribution < 1.29 is 13.7 Å². The molecule has 0 aliphatic heterocycles. The molecule has 0 heterocycles. The Morgan fingerprint density at radius 3 is 2.69 bits per heavy atom. The van der Waals surface area contributed by atoms with Crippen molar-refractivity contribution in [3.8, 4) is 0 Å². The van der Waals surface area contributed by atoms with Gasteiger partial charge >= 0.3 is 5.69 Å². The molecule has 0 saturated carbocycles. The highest BCUT2D eigenvalue weighted by molar-refractivity contribution is 5.61. The van der Waals surface area contributed by atoms with Crippen molar-refractivity contribution in [2.75, 3.05) is 6.54 Å². The van der Waals surface area contributed by atoms with Crippen LogP contribution < -0.4 is 5.73 Å². The van der Waals surface area contributed by atoms with Gasteiger partial charge in [0.2, 0.25) is 5.82 Å². The molecule has 1 rings (SSSR count). The number of nitrogens with zero attached hydrogens (tertiary/aromatic N) is 1. The predicted molar refractivity (Wildman–Crippen MR) is 55.7 cm³/mol. The summed E-state index contributed by atoms with van der Waals surface area (Å²) in [6.45, 7) is 0.363. The second-order valence-corrected chi connectivity index (χ2v) is 3.06. The molecule has 1 aromatic carbocycles. The van der Waals surface area contributed by atoms with Crippen LogP contribution >= 0.6 is 0 Å². The van der Waals surface area contributed by atoms with E-state index in [-0.39, 0.29) is 5.56 Å². The van der Waals surface area contributed by atoms with E-state index in [1.165, 1.54) is 12.2 Å². The lowest BCUT2D eigenvalue weighted by Gasteiger charge is -1.99. The molecule has 0 aliphatic carbocycles. The molecular formula is C10H10F2N2O2. The third kappa shape index (κ3) is 2.83. The highest BCUT2D eigenvalue weighted by Crippen LogP contribution is 2.25. The number of hydrogen-bond acceptors (Lipinski definition) is 3. The van der Waals surface area contributed by atoms with E-state index in [0.717, 1.165) is 6.07 Å². The molecule has 1 aromatic rings. The predicted octanol–water partition coefficient (Wildman–Crippen LogP) is 2.24. The third-order valence-corrected chi connectivity index (χ3v) is 1.87. The summed E-state index contributed by atoms with van der Waals surface area (Å²) in [4.78, 5) is 9.69. The van der Waals surface area contributed by atoms with Gasteiger partial charge in [0.1, 0.15) is 5.82 Å². The van der Waals surface area contributed by atoms with Gasteiger partial charge in [0.25, 0.3) is 0 Å². The van der Waals surface area contributed by atoms with Gasteiger partial charge in [-0.15, -0.1) is 0 Å². The van der Waals surface area contributed by atoms with Crippen molar-refractivity contribution in [2.45, 2.75) is 6.42 Å². The Labute approximate surface area is 90.5 Å². The summed E-state index contributed by atoms with van der Waals surface area (Å²) >= 11 is 0. The van der Waals surface area contributed by atoms with E-state index in [1.807, 2.05) is 0 Å². The van der Waals surface area contributed by atoms with Crippen LogP contribution in [-0.4, -0.2) is 11.5 Å². The molecule has 0 amide bonds. The molecule has 0 atom stereocenters. The van der Waals surface area contributed by atoms with Crippen LogP contribution in [0, 0.1) is 21.7 Å². The molecular weight excluding hydrogens is 218 g/mol. The Morgan fingerprint density at radius 1 is 1.44 bits per heavy atom. The summed E-state index contributed by atoms with van der Waals surface area (Å²) < 4.78 is 26.0. The van der Waals surface area contributed by atoms with Gasteiger partial charge in [-0.05, 0) is 19.0 Å². The molecule has 0 aliphatic rings. The summed E-state index contributed by atoms with van der Waals surface area (Å²) in [5.41, 5.74) is 4.39. The van der Waals surface area contributed by atoms with Crippen LogP contribution in [-0.2, 0) is 0 Å². The molecule has 0 bridgehead atoms. The van der Waals surface area contributed by atoms with Gasteiger partial charge in [-0.1, -0.05) is 12.2 Å². The first-order valence-corrected chi connectivity index (χ1v) is 4.56. The van der Waals surface area contributed by atoms with Gasteiger partial charge in [0, 0.05) is 6.07 Å². The summed E-state index contributed by atoms with van der Waals surface area (Å²) in [6.07, 6.45) is 3.30. The Morgan fingerprint density at radius 2 is 2.12 bits per heavy atom. The lowest BCUT2D eigenvalue weighted by molar-refractivity contribution is -0.387. The maximum absolute atomic E-state index is 13.1. The number of rotatable bonds is 4. The smallest absolute Gasteiger partial charge is 0.312 e. The van der Waals surface area contributed by atoms with E-state index in [2.05, 4.69) is 0 Å². The van der Waals surface area contributed by atoms with E-state index in [1.54, 1.807) is 0 Å². The van der Waals surface area contributed by atoms with Gasteiger partial charge in [-0.25, -0.2) is 4.39 Å². The van der Waals surface area contributed by atoms with Crippen LogP contribution in [0.4, 0.5) is 14.5 Å². The van der Waals surface area contributed by atoms with Gasteiger partial charge < -0.3 is 5.73 Å². The van der Waals surface area contributed by atoms with Gasteiger partial charge in [0.15, 0.2) is 0 Å². The van der Waals surface area contributed by atoms with Crippen LogP contribution in [0.1, 0.15) is 12.0 Å². The number of nitro groups is 1.